The van der Waals surface area contributed by atoms with E-state index in [0.29, 0.717) is 42.1 Å². The average molecular weight is 471 g/mol. The first kappa shape index (κ1) is 21.9. The van der Waals surface area contributed by atoms with E-state index in [4.69, 9.17) is 14.2 Å². The second-order valence-electron chi connectivity index (χ2n) is 7.79. The Labute approximate surface area is 192 Å². The quantitative estimate of drug-likeness (QED) is 0.414. The van der Waals surface area contributed by atoms with Crippen molar-refractivity contribution in [3.8, 4) is 17.4 Å². The van der Waals surface area contributed by atoms with E-state index in [1.54, 1.807) is 12.3 Å². The van der Waals surface area contributed by atoms with Crippen molar-refractivity contribution in [2.45, 2.75) is 18.7 Å². The normalized spacial score (nSPS) is 16.2. The third-order valence-corrected chi connectivity index (χ3v) is 5.45. The van der Waals surface area contributed by atoms with E-state index in [2.05, 4.69) is 19.9 Å². The number of halogens is 3. The highest BCUT2D eigenvalue weighted by molar-refractivity contribution is 5.92. The molecule has 11 heteroatoms. The molecule has 0 amide bonds. The number of fused-ring (bicyclic) bond motifs is 2. The summed E-state index contributed by atoms with van der Waals surface area (Å²) in [7, 11) is 1.36. The van der Waals surface area contributed by atoms with Crippen LogP contribution in [0.15, 0.2) is 48.9 Å². The lowest BCUT2D eigenvalue weighted by Crippen LogP contribution is -2.25. The molecule has 8 nitrogen and oxygen atoms in total. The molecule has 0 unspecified atom stereocenters. The summed E-state index contributed by atoms with van der Waals surface area (Å²) >= 11 is 0. The zero-order chi connectivity index (χ0) is 23.7. The van der Waals surface area contributed by atoms with Crippen LogP contribution in [-0.4, -0.2) is 59.0 Å². The van der Waals surface area contributed by atoms with Crippen LogP contribution < -0.4 is 19.1 Å². The molecule has 1 fully saturated rings. The van der Waals surface area contributed by atoms with Gasteiger partial charge in [0.05, 0.1) is 36.4 Å². The minimum atomic E-state index is -4.47. The number of alkyl halides is 3. The maximum atomic E-state index is 12.7. The van der Waals surface area contributed by atoms with Crippen molar-refractivity contribution in [1.29, 1.82) is 0 Å². The molecule has 5 rings (SSSR count). The smallest absolute Gasteiger partial charge is 0.422 e. The Kier molecular flexibility index (Phi) is 5.68. The number of anilines is 1. The minimum absolute atomic E-state index is 0.0261. The fourth-order valence-corrected chi connectivity index (χ4v) is 3.92. The molecule has 0 bridgehead atoms. The minimum Gasteiger partial charge on any atom is -0.493 e. The van der Waals surface area contributed by atoms with Gasteiger partial charge in [0.15, 0.2) is 18.1 Å². The Morgan fingerprint density at radius 3 is 2.65 bits per heavy atom. The van der Waals surface area contributed by atoms with E-state index < -0.39 is 12.8 Å². The van der Waals surface area contributed by atoms with E-state index in [-0.39, 0.29) is 17.6 Å². The molecular weight excluding hydrogens is 451 g/mol. The molecule has 4 aromatic rings. The van der Waals surface area contributed by atoms with Crippen LogP contribution in [0.25, 0.3) is 21.9 Å². The van der Waals surface area contributed by atoms with Crippen molar-refractivity contribution in [2.75, 3.05) is 31.7 Å². The highest BCUT2D eigenvalue weighted by atomic mass is 19.4. The van der Waals surface area contributed by atoms with Crippen LogP contribution in [0.1, 0.15) is 6.42 Å². The van der Waals surface area contributed by atoms with E-state index in [1.165, 1.54) is 19.5 Å². The summed E-state index contributed by atoms with van der Waals surface area (Å²) in [5, 5.41) is 0.562. The van der Waals surface area contributed by atoms with Crippen LogP contribution in [0.2, 0.25) is 0 Å². The number of methoxy groups -OCH3 is 1. The lowest BCUT2D eigenvalue weighted by atomic mass is 10.2. The zero-order valence-electron chi connectivity index (χ0n) is 18.1. The number of nitrogens with zero attached hydrogens (tertiary/aromatic N) is 5. The predicted octanol–water partition coefficient (Wildman–Crippen LogP) is 4.18. The molecule has 0 aliphatic carbocycles. The van der Waals surface area contributed by atoms with Gasteiger partial charge in [-0.05, 0) is 18.2 Å². The van der Waals surface area contributed by atoms with Gasteiger partial charge in [0.25, 0.3) is 0 Å². The van der Waals surface area contributed by atoms with Gasteiger partial charge in [0, 0.05) is 24.4 Å². The van der Waals surface area contributed by atoms with Gasteiger partial charge in [0.1, 0.15) is 18.2 Å². The highest BCUT2D eigenvalue weighted by Crippen LogP contribution is 2.36. The van der Waals surface area contributed by atoms with Crippen LogP contribution in [0.5, 0.6) is 17.4 Å². The topological polar surface area (TPSA) is 82.5 Å². The van der Waals surface area contributed by atoms with Crippen molar-refractivity contribution < 1.29 is 27.4 Å². The Bertz CT molecular complexity index is 1330. The van der Waals surface area contributed by atoms with E-state index in [0.717, 1.165) is 11.0 Å². The number of hydrogen-bond donors (Lipinski definition) is 0. The molecule has 1 aliphatic heterocycles. The first-order chi connectivity index (χ1) is 16.4. The number of benzene rings is 2. The van der Waals surface area contributed by atoms with Crippen molar-refractivity contribution in [1.82, 2.24) is 19.9 Å². The maximum absolute atomic E-state index is 12.7. The van der Waals surface area contributed by atoms with Gasteiger partial charge in [-0.3, -0.25) is 0 Å². The van der Waals surface area contributed by atoms with Crippen molar-refractivity contribution in [3.63, 3.8) is 0 Å². The first-order valence-electron chi connectivity index (χ1n) is 10.6. The standard InChI is InChI=1S/C23H20F3N5O3/c1-32-19-9-18-15(8-20(19)33-12-23(24,25)26)22(29-13-28-18)31-7-6-14(11-31)34-21-10-27-16-4-2-3-5-17(16)30-21/h2-5,8-10,13-14H,6-7,11-12H2,1H3/t14-/m1/s1. The molecule has 34 heavy (non-hydrogen) atoms. The molecule has 3 heterocycles. The fourth-order valence-electron chi connectivity index (χ4n) is 3.92. The van der Waals surface area contributed by atoms with Gasteiger partial charge in [0.2, 0.25) is 5.88 Å². The summed E-state index contributed by atoms with van der Waals surface area (Å²) in [6.45, 7) is -0.266. The fraction of sp³-hybridized carbons (Fsp3) is 0.304. The summed E-state index contributed by atoms with van der Waals surface area (Å²) in [5.74, 6) is 1.16. The number of para-hydroxylation sites is 2. The molecule has 0 radical (unpaired) electrons. The number of rotatable bonds is 6. The van der Waals surface area contributed by atoms with Crippen LogP contribution in [0, 0.1) is 0 Å². The van der Waals surface area contributed by atoms with Gasteiger partial charge >= 0.3 is 6.18 Å². The first-order valence-corrected chi connectivity index (χ1v) is 10.6. The summed E-state index contributed by atoms with van der Waals surface area (Å²) < 4.78 is 54.3. The molecule has 0 N–H and O–H groups in total. The van der Waals surface area contributed by atoms with Gasteiger partial charge in [-0.25, -0.2) is 19.9 Å². The predicted molar refractivity (Wildman–Crippen MR) is 118 cm³/mol. The molecule has 1 saturated heterocycles. The number of ether oxygens (including phenoxy) is 3. The van der Waals surface area contributed by atoms with E-state index in [1.807, 2.05) is 29.2 Å². The summed E-state index contributed by atoms with van der Waals surface area (Å²) in [5.41, 5.74) is 2.07. The van der Waals surface area contributed by atoms with Gasteiger partial charge < -0.3 is 19.1 Å². The summed E-state index contributed by atoms with van der Waals surface area (Å²) in [6.07, 6.45) is -0.896. The maximum Gasteiger partial charge on any atom is 0.422 e. The Hall–Kier alpha value is -3.89. The van der Waals surface area contributed by atoms with Gasteiger partial charge in [-0.1, -0.05) is 12.1 Å². The van der Waals surface area contributed by atoms with Crippen LogP contribution in [0.3, 0.4) is 0 Å². The second kappa shape index (κ2) is 8.81. The van der Waals surface area contributed by atoms with Crippen LogP contribution in [0.4, 0.5) is 19.0 Å². The molecule has 2 aromatic heterocycles. The Morgan fingerprint density at radius 1 is 1.03 bits per heavy atom. The van der Waals surface area contributed by atoms with Crippen molar-refractivity contribution in [3.05, 3.63) is 48.9 Å². The van der Waals surface area contributed by atoms with E-state index >= 15 is 0 Å². The SMILES string of the molecule is COc1cc2ncnc(N3CC[C@@H](Oc4cnc5ccccc5n4)C3)c2cc1OCC(F)(F)F. The molecule has 2 aromatic carbocycles. The highest BCUT2D eigenvalue weighted by Gasteiger charge is 2.30. The Morgan fingerprint density at radius 2 is 1.85 bits per heavy atom. The van der Waals surface area contributed by atoms with Crippen molar-refractivity contribution in [2.24, 2.45) is 0 Å². The molecule has 1 atom stereocenters. The lowest BCUT2D eigenvalue weighted by molar-refractivity contribution is -0.153. The lowest BCUT2D eigenvalue weighted by Gasteiger charge is -2.20. The zero-order valence-corrected chi connectivity index (χ0v) is 18.1. The summed E-state index contributed by atoms with van der Waals surface area (Å²) in [6, 6.07) is 10.6. The second-order valence-corrected chi connectivity index (χ2v) is 7.79. The van der Waals surface area contributed by atoms with Crippen LogP contribution in [-0.2, 0) is 0 Å². The molecule has 0 saturated carbocycles. The average Bonchev–Trinajstić information content (AvgIpc) is 3.29. The number of aromatic nitrogens is 4. The van der Waals surface area contributed by atoms with Crippen molar-refractivity contribution >= 4 is 27.8 Å². The van der Waals surface area contributed by atoms with Crippen LogP contribution >= 0.6 is 0 Å². The largest absolute Gasteiger partial charge is 0.493 e. The molecule has 1 aliphatic rings. The third-order valence-electron chi connectivity index (χ3n) is 5.45. The van der Waals surface area contributed by atoms with E-state index in [9.17, 15) is 13.2 Å². The molecule has 0 spiro atoms. The van der Waals surface area contributed by atoms with Gasteiger partial charge in [-0.2, -0.15) is 13.2 Å². The Balaban J connectivity index is 1.38. The summed E-state index contributed by atoms with van der Waals surface area (Å²) in [4.78, 5) is 19.5. The molecular formula is C23H20F3N5O3. The number of hydrogen-bond acceptors (Lipinski definition) is 8. The third kappa shape index (κ3) is 4.59. The monoisotopic (exact) mass is 471 g/mol. The molecule has 176 valence electrons. The van der Waals surface area contributed by atoms with Gasteiger partial charge in [-0.15, -0.1) is 0 Å².